The maximum absolute atomic E-state index is 15.2. The lowest BCUT2D eigenvalue weighted by Gasteiger charge is -2.59. The lowest BCUT2D eigenvalue weighted by atomic mass is 9.55. The van der Waals surface area contributed by atoms with Gasteiger partial charge in [-0.15, -0.1) is 0 Å². The molecule has 4 aromatic carbocycles. The van der Waals surface area contributed by atoms with E-state index in [1.54, 1.807) is 13.2 Å². The molecule has 7 rings (SSSR count). The predicted octanol–water partition coefficient (Wildman–Crippen LogP) is 6.48. The van der Waals surface area contributed by atoms with E-state index >= 15 is 4.79 Å². The third-order valence-corrected chi connectivity index (χ3v) is 9.00. The van der Waals surface area contributed by atoms with Crippen LogP contribution in [0, 0.1) is 5.92 Å². The number of piperidine rings is 3. The predicted molar refractivity (Wildman–Crippen MR) is 159 cm³/mol. The van der Waals surface area contributed by atoms with Crippen molar-refractivity contribution in [3.05, 3.63) is 137 Å². The maximum atomic E-state index is 15.2. The fraction of sp³-hybridized carbons (Fsp3) is 0.278. The first-order valence-electron chi connectivity index (χ1n) is 14.3. The van der Waals surface area contributed by atoms with Gasteiger partial charge in [0.15, 0.2) is 5.78 Å². The fourth-order valence-corrected chi connectivity index (χ4v) is 7.29. The molecule has 2 bridgehead atoms. The smallest absolute Gasteiger partial charge is 0.337 e. The van der Waals surface area contributed by atoms with Gasteiger partial charge in [-0.05, 0) is 72.5 Å². The Morgan fingerprint density at radius 3 is 1.80 bits per heavy atom. The molecule has 41 heavy (non-hydrogen) atoms. The van der Waals surface area contributed by atoms with Crippen molar-refractivity contribution in [2.75, 3.05) is 27.3 Å². The number of fused-ring (bicyclic) bond motifs is 3. The molecular weight excluding hydrogens is 510 g/mol. The van der Waals surface area contributed by atoms with Crippen LogP contribution in [-0.4, -0.2) is 49.5 Å². The van der Waals surface area contributed by atoms with Crippen molar-refractivity contribution in [3.8, 4) is 5.75 Å². The Morgan fingerprint density at radius 2 is 1.27 bits per heavy atom. The molecule has 3 aliphatic rings. The Bertz CT molecular complexity index is 1530. The van der Waals surface area contributed by atoms with E-state index in [4.69, 9.17) is 9.47 Å². The van der Waals surface area contributed by atoms with Crippen LogP contribution >= 0.6 is 0 Å². The van der Waals surface area contributed by atoms with Gasteiger partial charge < -0.3 is 9.47 Å². The highest BCUT2D eigenvalue weighted by Crippen LogP contribution is 2.56. The van der Waals surface area contributed by atoms with Gasteiger partial charge in [-0.2, -0.15) is 0 Å². The highest BCUT2D eigenvalue weighted by molar-refractivity contribution is 5.96. The summed E-state index contributed by atoms with van der Waals surface area (Å²) in [5.41, 5.74) is 3.60. The Hall–Kier alpha value is -4.22. The molecule has 5 heteroatoms. The maximum Gasteiger partial charge on any atom is 0.337 e. The zero-order valence-electron chi connectivity index (χ0n) is 23.5. The standard InChI is InChI=1S/C36H35NO4/c1-40-31-18-10-16-29(24-31)33(26-13-7-4-8-14-26)36(34(38)27-19-21-37(36)22-20-27)32(25-11-5-3-6-12-25)28-15-9-17-30(23-28)35(39)41-2/h3-18,23-24,27,32-33H,19-22H2,1-2H3. The lowest BCUT2D eigenvalue weighted by Crippen LogP contribution is -2.70. The summed E-state index contributed by atoms with van der Waals surface area (Å²) in [5, 5.41) is 0. The number of benzene rings is 4. The van der Waals surface area contributed by atoms with E-state index in [0.717, 1.165) is 53.9 Å². The van der Waals surface area contributed by atoms with E-state index in [1.807, 2.05) is 60.7 Å². The SMILES string of the molecule is COC(=O)c1cccc(C(c2ccccc2)C2(C(c3ccccc3)c3cccc(OC)c3)C(=O)C3CCN2CC3)c1. The number of esters is 1. The average molecular weight is 546 g/mol. The van der Waals surface area contributed by atoms with Crippen molar-refractivity contribution in [1.82, 2.24) is 4.90 Å². The molecule has 3 unspecified atom stereocenters. The number of rotatable bonds is 8. The number of methoxy groups -OCH3 is 2. The van der Waals surface area contributed by atoms with Crippen LogP contribution in [0.1, 0.15) is 57.3 Å². The quantitative estimate of drug-likeness (QED) is 0.237. The number of carbonyl (C=O) groups excluding carboxylic acids is 2. The summed E-state index contributed by atoms with van der Waals surface area (Å²) in [4.78, 5) is 30.3. The first-order chi connectivity index (χ1) is 20.1. The van der Waals surface area contributed by atoms with Crippen LogP contribution in [0.25, 0.3) is 0 Å². The fourth-order valence-electron chi connectivity index (χ4n) is 7.29. The summed E-state index contributed by atoms with van der Waals surface area (Å²) in [6.07, 6.45) is 1.73. The third-order valence-electron chi connectivity index (χ3n) is 9.00. The minimum absolute atomic E-state index is 0.0215. The van der Waals surface area contributed by atoms with Crippen LogP contribution < -0.4 is 4.74 Å². The lowest BCUT2D eigenvalue weighted by molar-refractivity contribution is -0.151. The van der Waals surface area contributed by atoms with Gasteiger partial charge in [0.05, 0.1) is 19.8 Å². The van der Waals surface area contributed by atoms with Crippen LogP contribution in [0.4, 0.5) is 0 Å². The van der Waals surface area contributed by atoms with Crippen molar-refractivity contribution >= 4 is 11.8 Å². The summed E-state index contributed by atoms with van der Waals surface area (Å²) >= 11 is 0. The van der Waals surface area contributed by atoms with Crippen LogP contribution in [0.15, 0.2) is 109 Å². The average Bonchev–Trinajstić information content (AvgIpc) is 3.04. The first-order valence-corrected chi connectivity index (χ1v) is 14.3. The zero-order valence-corrected chi connectivity index (χ0v) is 23.5. The highest BCUT2D eigenvalue weighted by Gasteiger charge is 2.62. The second-order valence-corrected chi connectivity index (χ2v) is 11.0. The van der Waals surface area contributed by atoms with Gasteiger partial charge in [-0.25, -0.2) is 4.79 Å². The topological polar surface area (TPSA) is 55.8 Å². The number of ether oxygens (including phenoxy) is 2. The Balaban J connectivity index is 1.70. The van der Waals surface area contributed by atoms with E-state index in [2.05, 4.69) is 47.4 Å². The van der Waals surface area contributed by atoms with E-state index in [-0.39, 0.29) is 23.5 Å². The Morgan fingerprint density at radius 1 is 0.732 bits per heavy atom. The number of Topliss-reactive ketones (excluding diaryl/α,β-unsaturated/α-hetero) is 1. The summed E-state index contributed by atoms with van der Waals surface area (Å²) in [5.74, 6) is -0.0274. The number of hydrogen-bond acceptors (Lipinski definition) is 5. The first kappa shape index (κ1) is 27.0. The number of nitrogens with zero attached hydrogens (tertiary/aromatic N) is 1. The summed E-state index contributed by atoms with van der Waals surface area (Å²) in [6.45, 7) is 1.67. The van der Waals surface area contributed by atoms with Crippen LogP contribution in [0.3, 0.4) is 0 Å². The van der Waals surface area contributed by atoms with Crippen molar-refractivity contribution in [2.24, 2.45) is 5.92 Å². The largest absolute Gasteiger partial charge is 0.497 e. The van der Waals surface area contributed by atoms with Crippen molar-refractivity contribution < 1.29 is 19.1 Å². The molecular formula is C36H35NO4. The number of carbonyl (C=O) groups is 2. The van der Waals surface area contributed by atoms with E-state index in [1.165, 1.54) is 7.11 Å². The molecule has 0 aromatic heterocycles. The molecule has 3 heterocycles. The summed E-state index contributed by atoms with van der Waals surface area (Å²) < 4.78 is 10.8. The summed E-state index contributed by atoms with van der Waals surface area (Å²) in [7, 11) is 3.07. The second-order valence-electron chi connectivity index (χ2n) is 11.0. The molecule has 0 radical (unpaired) electrons. The minimum Gasteiger partial charge on any atom is -0.497 e. The molecule has 208 valence electrons. The van der Waals surface area contributed by atoms with E-state index in [0.29, 0.717) is 5.56 Å². The van der Waals surface area contributed by atoms with Crippen LogP contribution in [0.2, 0.25) is 0 Å². The van der Waals surface area contributed by atoms with Gasteiger partial charge in [-0.3, -0.25) is 9.69 Å². The van der Waals surface area contributed by atoms with Crippen molar-refractivity contribution in [2.45, 2.75) is 30.2 Å². The Labute approximate surface area is 241 Å². The molecule has 0 aliphatic carbocycles. The molecule has 4 aromatic rings. The van der Waals surface area contributed by atoms with E-state index in [9.17, 15) is 4.79 Å². The molecule has 0 saturated carbocycles. The van der Waals surface area contributed by atoms with Gasteiger partial charge in [0.2, 0.25) is 0 Å². The van der Waals surface area contributed by atoms with Gasteiger partial charge in [0, 0.05) is 17.8 Å². The van der Waals surface area contributed by atoms with Gasteiger partial charge in [0.25, 0.3) is 0 Å². The number of hydrogen-bond donors (Lipinski definition) is 0. The molecule has 3 aliphatic heterocycles. The van der Waals surface area contributed by atoms with Crippen LogP contribution in [0.5, 0.6) is 5.75 Å². The molecule has 3 atom stereocenters. The minimum atomic E-state index is -0.940. The zero-order chi connectivity index (χ0) is 28.4. The normalized spacial score (nSPS) is 23.0. The Kier molecular flexibility index (Phi) is 7.46. The van der Waals surface area contributed by atoms with Gasteiger partial charge in [-0.1, -0.05) is 84.9 Å². The summed E-state index contributed by atoms with van der Waals surface area (Å²) in [6, 6.07) is 36.5. The molecule has 0 spiro atoms. The van der Waals surface area contributed by atoms with Crippen LogP contribution in [-0.2, 0) is 9.53 Å². The monoisotopic (exact) mass is 545 g/mol. The number of ketones is 1. The van der Waals surface area contributed by atoms with E-state index < -0.39 is 11.5 Å². The van der Waals surface area contributed by atoms with Crippen molar-refractivity contribution in [3.63, 3.8) is 0 Å². The van der Waals surface area contributed by atoms with Gasteiger partial charge in [0.1, 0.15) is 11.3 Å². The van der Waals surface area contributed by atoms with Crippen molar-refractivity contribution in [1.29, 1.82) is 0 Å². The molecule has 3 fully saturated rings. The highest BCUT2D eigenvalue weighted by atomic mass is 16.5. The third kappa shape index (κ3) is 4.64. The molecule has 3 saturated heterocycles. The molecule has 0 N–H and O–H groups in total. The second kappa shape index (κ2) is 11.3. The van der Waals surface area contributed by atoms with Gasteiger partial charge >= 0.3 is 5.97 Å². The molecule has 0 amide bonds. The molecule has 5 nitrogen and oxygen atoms in total.